The lowest BCUT2D eigenvalue weighted by Crippen LogP contribution is -2.44. The highest BCUT2D eigenvalue weighted by Gasteiger charge is 2.24. The summed E-state index contributed by atoms with van der Waals surface area (Å²) in [7, 11) is 2.09. The van der Waals surface area contributed by atoms with Crippen LogP contribution in [0.5, 0.6) is 5.75 Å². The van der Waals surface area contributed by atoms with Crippen LogP contribution in [0.1, 0.15) is 28.9 Å². The predicted octanol–water partition coefficient (Wildman–Crippen LogP) is 1.75. The van der Waals surface area contributed by atoms with Crippen LogP contribution >= 0.6 is 0 Å². The number of rotatable bonds is 3. The monoisotopic (exact) mass is 312 g/mol. The molecular formula is C17H20N4O2. The lowest BCUT2D eigenvalue weighted by atomic mass is 10.1. The van der Waals surface area contributed by atoms with Crippen molar-refractivity contribution in [3.8, 4) is 5.75 Å². The minimum atomic E-state index is 0.173. The van der Waals surface area contributed by atoms with Crippen LogP contribution in [0.2, 0.25) is 0 Å². The van der Waals surface area contributed by atoms with E-state index in [0.29, 0.717) is 5.89 Å². The molecule has 2 aliphatic rings. The molecule has 2 aliphatic heterocycles. The average Bonchev–Trinajstić information content (AvgIpc) is 3.22. The van der Waals surface area contributed by atoms with Crippen LogP contribution in [0.25, 0.3) is 12.2 Å². The molecule has 120 valence electrons. The van der Waals surface area contributed by atoms with Crippen molar-refractivity contribution >= 4 is 12.2 Å². The smallest absolute Gasteiger partial charge is 0.250 e. The van der Waals surface area contributed by atoms with Gasteiger partial charge in [-0.2, -0.15) is 4.98 Å². The summed E-state index contributed by atoms with van der Waals surface area (Å²) in [5, 5.41) is 7.48. The molecule has 0 bridgehead atoms. The molecule has 6 heteroatoms. The van der Waals surface area contributed by atoms with Crippen molar-refractivity contribution in [3.05, 3.63) is 41.0 Å². The van der Waals surface area contributed by atoms with Crippen LogP contribution in [0.3, 0.4) is 0 Å². The van der Waals surface area contributed by atoms with Crippen LogP contribution in [0.15, 0.2) is 22.7 Å². The van der Waals surface area contributed by atoms with Crippen LogP contribution in [0.4, 0.5) is 0 Å². The number of nitrogens with one attached hydrogen (secondary N) is 1. The number of ether oxygens (including phenoxy) is 1. The molecule has 1 saturated heterocycles. The summed E-state index contributed by atoms with van der Waals surface area (Å²) in [6.07, 6.45) is 4.84. The summed E-state index contributed by atoms with van der Waals surface area (Å²) in [5.74, 6) is 2.27. The number of aromatic nitrogens is 2. The van der Waals surface area contributed by atoms with Gasteiger partial charge in [-0.3, -0.25) is 4.90 Å². The quantitative estimate of drug-likeness (QED) is 0.931. The van der Waals surface area contributed by atoms with Crippen molar-refractivity contribution in [2.45, 2.75) is 12.5 Å². The first-order valence-electron chi connectivity index (χ1n) is 7.98. The largest absolute Gasteiger partial charge is 0.493 e. The molecular weight excluding hydrogens is 292 g/mol. The highest BCUT2D eigenvalue weighted by molar-refractivity contribution is 5.67. The molecule has 0 saturated carbocycles. The van der Waals surface area contributed by atoms with E-state index in [1.807, 2.05) is 24.3 Å². The molecule has 1 aromatic carbocycles. The van der Waals surface area contributed by atoms with Gasteiger partial charge in [0.25, 0.3) is 5.89 Å². The summed E-state index contributed by atoms with van der Waals surface area (Å²) >= 11 is 0. The Morgan fingerprint density at radius 1 is 1.35 bits per heavy atom. The maximum Gasteiger partial charge on any atom is 0.250 e. The number of hydrogen-bond donors (Lipinski definition) is 1. The first-order chi connectivity index (χ1) is 11.3. The highest BCUT2D eigenvalue weighted by Crippen LogP contribution is 2.26. The third kappa shape index (κ3) is 3.00. The van der Waals surface area contributed by atoms with Crippen molar-refractivity contribution in [3.63, 3.8) is 0 Å². The molecule has 0 radical (unpaired) electrons. The maximum atomic E-state index is 5.52. The van der Waals surface area contributed by atoms with E-state index in [-0.39, 0.29) is 6.04 Å². The molecule has 0 spiro atoms. The molecule has 1 aromatic heterocycles. The fraction of sp³-hybridized carbons (Fsp3) is 0.412. The molecule has 1 unspecified atom stereocenters. The van der Waals surface area contributed by atoms with Gasteiger partial charge >= 0.3 is 0 Å². The van der Waals surface area contributed by atoms with Crippen molar-refractivity contribution in [2.75, 3.05) is 33.3 Å². The summed E-state index contributed by atoms with van der Waals surface area (Å²) < 4.78 is 10.9. The van der Waals surface area contributed by atoms with Gasteiger partial charge in [0.2, 0.25) is 0 Å². The van der Waals surface area contributed by atoms with E-state index in [0.717, 1.165) is 49.8 Å². The van der Waals surface area contributed by atoms with Crippen molar-refractivity contribution < 1.29 is 9.26 Å². The number of hydrogen-bond acceptors (Lipinski definition) is 6. The van der Waals surface area contributed by atoms with Gasteiger partial charge in [0.15, 0.2) is 5.82 Å². The molecule has 6 nitrogen and oxygen atoms in total. The van der Waals surface area contributed by atoms with Crippen molar-refractivity contribution in [1.29, 1.82) is 0 Å². The Balaban J connectivity index is 1.49. The Morgan fingerprint density at radius 3 is 3.22 bits per heavy atom. The van der Waals surface area contributed by atoms with Crippen LogP contribution < -0.4 is 10.1 Å². The van der Waals surface area contributed by atoms with Crippen LogP contribution in [0, 0.1) is 0 Å². The van der Waals surface area contributed by atoms with Crippen LogP contribution in [-0.4, -0.2) is 48.3 Å². The number of nitrogens with zero attached hydrogens (tertiary/aromatic N) is 3. The third-order valence-electron chi connectivity index (χ3n) is 4.40. The third-order valence-corrected chi connectivity index (χ3v) is 4.40. The zero-order valence-corrected chi connectivity index (χ0v) is 13.2. The van der Waals surface area contributed by atoms with Gasteiger partial charge in [0.05, 0.1) is 12.6 Å². The molecule has 1 N–H and O–H groups in total. The molecule has 0 amide bonds. The van der Waals surface area contributed by atoms with E-state index in [4.69, 9.17) is 9.26 Å². The summed E-state index contributed by atoms with van der Waals surface area (Å²) in [6.45, 7) is 3.61. The van der Waals surface area contributed by atoms with Gasteiger partial charge in [-0.05, 0) is 36.4 Å². The summed E-state index contributed by atoms with van der Waals surface area (Å²) in [5.41, 5.74) is 2.37. The van der Waals surface area contributed by atoms with E-state index in [9.17, 15) is 0 Å². The predicted molar refractivity (Wildman–Crippen MR) is 87.1 cm³/mol. The van der Waals surface area contributed by atoms with Gasteiger partial charge in [-0.25, -0.2) is 0 Å². The van der Waals surface area contributed by atoms with Gasteiger partial charge in [0, 0.05) is 32.1 Å². The second-order valence-corrected chi connectivity index (χ2v) is 5.99. The first-order valence-corrected chi connectivity index (χ1v) is 7.98. The zero-order valence-electron chi connectivity index (χ0n) is 13.2. The Morgan fingerprint density at radius 2 is 2.30 bits per heavy atom. The van der Waals surface area contributed by atoms with E-state index in [1.165, 1.54) is 5.56 Å². The van der Waals surface area contributed by atoms with E-state index >= 15 is 0 Å². The lowest BCUT2D eigenvalue weighted by Gasteiger charge is -2.30. The fourth-order valence-electron chi connectivity index (χ4n) is 3.02. The standard InChI is InChI=1S/C17H20N4O2/c1-21-8-7-18-11-14(21)17-19-16(23-20-17)5-3-12-2-4-15-13(10-12)6-9-22-15/h2-5,10,14,18H,6-9,11H2,1H3/b5-3+. The van der Waals surface area contributed by atoms with Crippen LogP contribution in [-0.2, 0) is 6.42 Å². The molecule has 23 heavy (non-hydrogen) atoms. The number of fused-ring (bicyclic) bond motifs is 1. The number of piperazine rings is 1. The fourth-order valence-corrected chi connectivity index (χ4v) is 3.02. The Bertz CT molecular complexity index is 725. The van der Waals surface area contributed by atoms with E-state index in [2.05, 4.69) is 33.5 Å². The maximum absolute atomic E-state index is 5.52. The van der Waals surface area contributed by atoms with Crippen molar-refractivity contribution in [2.24, 2.45) is 0 Å². The SMILES string of the molecule is CN1CCNCC1c1noc(/C=C/c2ccc3c(c2)CCO3)n1. The molecule has 0 aliphatic carbocycles. The number of likely N-dealkylation sites (N-methyl/N-ethyl adjacent to an activating group) is 1. The molecule has 1 atom stereocenters. The normalized spacial score (nSPS) is 21.5. The molecule has 3 heterocycles. The Hall–Kier alpha value is -2.18. The van der Waals surface area contributed by atoms with Crippen molar-refractivity contribution in [1.82, 2.24) is 20.4 Å². The van der Waals surface area contributed by atoms with Gasteiger partial charge < -0.3 is 14.6 Å². The Kier molecular flexibility index (Phi) is 3.85. The summed E-state index contributed by atoms with van der Waals surface area (Å²) in [6, 6.07) is 6.38. The molecule has 1 fully saturated rings. The van der Waals surface area contributed by atoms with E-state index in [1.54, 1.807) is 0 Å². The van der Waals surface area contributed by atoms with Gasteiger partial charge in [-0.1, -0.05) is 11.2 Å². The Labute approximate surface area is 135 Å². The average molecular weight is 312 g/mol. The molecule has 2 aromatic rings. The minimum Gasteiger partial charge on any atom is -0.493 e. The first kappa shape index (κ1) is 14.4. The lowest BCUT2D eigenvalue weighted by molar-refractivity contribution is 0.190. The highest BCUT2D eigenvalue weighted by atomic mass is 16.5. The van der Waals surface area contributed by atoms with Gasteiger partial charge in [0.1, 0.15) is 5.75 Å². The topological polar surface area (TPSA) is 63.4 Å². The second-order valence-electron chi connectivity index (χ2n) is 5.99. The summed E-state index contributed by atoms with van der Waals surface area (Å²) in [4.78, 5) is 6.75. The van der Waals surface area contributed by atoms with E-state index < -0.39 is 0 Å². The minimum absolute atomic E-state index is 0.173. The van der Waals surface area contributed by atoms with Gasteiger partial charge in [-0.15, -0.1) is 0 Å². The molecule has 4 rings (SSSR count). The zero-order chi connectivity index (χ0) is 15.6. The number of benzene rings is 1. The second kappa shape index (κ2) is 6.14.